The molecule has 0 amide bonds. The number of morpholine rings is 1. The van der Waals surface area contributed by atoms with Gasteiger partial charge in [-0.3, -0.25) is 0 Å². The van der Waals surface area contributed by atoms with Crippen molar-refractivity contribution in [2.24, 2.45) is 0 Å². The Hall–Kier alpha value is -0.870. The lowest BCUT2D eigenvalue weighted by Crippen LogP contribution is -2.40. The summed E-state index contributed by atoms with van der Waals surface area (Å²) in [5, 5.41) is 0. The normalized spacial score (nSPS) is 16.7. The average molecular weight is 225 g/mol. The van der Waals surface area contributed by atoms with Gasteiger partial charge < -0.3 is 14.1 Å². The zero-order valence-corrected chi connectivity index (χ0v) is 9.68. The SMILES string of the molecule is Cc1ccc(CC(=S)N2CCOCC2)o1. The lowest BCUT2D eigenvalue weighted by atomic mass is 10.3. The van der Waals surface area contributed by atoms with Crippen LogP contribution in [0.25, 0.3) is 0 Å². The van der Waals surface area contributed by atoms with E-state index < -0.39 is 0 Å². The third kappa shape index (κ3) is 2.79. The first-order valence-electron chi connectivity index (χ1n) is 5.16. The fraction of sp³-hybridized carbons (Fsp3) is 0.545. The first-order chi connectivity index (χ1) is 7.25. The Balaban J connectivity index is 1.91. The Morgan fingerprint density at radius 2 is 2.13 bits per heavy atom. The van der Waals surface area contributed by atoms with Gasteiger partial charge in [-0.2, -0.15) is 0 Å². The molecule has 1 saturated heterocycles. The van der Waals surface area contributed by atoms with Gasteiger partial charge >= 0.3 is 0 Å². The van der Waals surface area contributed by atoms with E-state index >= 15 is 0 Å². The second-order valence-corrected chi connectivity index (χ2v) is 4.15. The van der Waals surface area contributed by atoms with E-state index in [-0.39, 0.29) is 0 Å². The molecule has 0 aromatic carbocycles. The molecule has 1 aromatic rings. The van der Waals surface area contributed by atoms with Gasteiger partial charge in [0.05, 0.1) is 24.6 Å². The molecule has 0 radical (unpaired) electrons. The molecule has 1 aromatic heterocycles. The second kappa shape index (κ2) is 4.77. The van der Waals surface area contributed by atoms with Crippen LogP contribution in [0.3, 0.4) is 0 Å². The van der Waals surface area contributed by atoms with Crippen molar-refractivity contribution in [3.63, 3.8) is 0 Å². The molecule has 0 aliphatic carbocycles. The smallest absolute Gasteiger partial charge is 0.110 e. The van der Waals surface area contributed by atoms with Gasteiger partial charge in [-0.05, 0) is 19.1 Å². The lowest BCUT2D eigenvalue weighted by molar-refractivity contribution is 0.0683. The van der Waals surface area contributed by atoms with Gasteiger partial charge in [0, 0.05) is 13.1 Å². The van der Waals surface area contributed by atoms with E-state index in [0.29, 0.717) is 0 Å². The molecule has 0 saturated carbocycles. The third-order valence-corrected chi connectivity index (χ3v) is 2.89. The summed E-state index contributed by atoms with van der Waals surface area (Å²) in [5.74, 6) is 1.89. The van der Waals surface area contributed by atoms with Crippen molar-refractivity contribution in [3.8, 4) is 0 Å². The number of furan rings is 1. The summed E-state index contributed by atoms with van der Waals surface area (Å²) in [5.41, 5.74) is 0. The fourth-order valence-electron chi connectivity index (χ4n) is 1.65. The maximum Gasteiger partial charge on any atom is 0.110 e. The lowest BCUT2D eigenvalue weighted by Gasteiger charge is -2.28. The van der Waals surface area contributed by atoms with Crippen LogP contribution in [0.5, 0.6) is 0 Å². The first kappa shape index (κ1) is 10.6. The van der Waals surface area contributed by atoms with E-state index in [2.05, 4.69) is 4.90 Å². The van der Waals surface area contributed by atoms with Crippen LogP contribution in [-0.4, -0.2) is 36.2 Å². The number of nitrogens with zero attached hydrogens (tertiary/aromatic N) is 1. The van der Waals surface area contributed by atoms with Gasteiger partial charge in [-0.15, -0.1) is 0 Å². The van der Waals surface area contributed by atoms with Crippen molar-refractivity contribution in [1.82, 2.24) is 4.90 Å². The van der Waals surface area contributed by atoms with Crippen LogP contribution in [-0.2, 0) is 11.2 Å². The molecule has 0 atom stereocenters. The van der Waals surface area contributed by atoms with E-state index in [1.807, 2.05) is 19.1 Å². The highest BCUT2D eigenvalue weighted by molar-refractivity contribution is 7.80. The van der Waals surface area contributed by atoms with Gasteiger partial charge in [-0.25, -0.2) is 0 Å². The van der Waals surface area contributed by atoms with Crippen molar-refractivity contribution in [3.05, 3.63) is 23.7 Å². The third-order valence-electron chi connectivity index (χ3n) is 2.49. The zero-order valence-electron chi connectivity index (χ0n) is 8.86. The van der Waals surface area contributed by atoms with Gasteiger partial charge in [-0.1, -0.05) is 12.2 Å². The van der Waals surface area contributed by atoms with Crippen molar-refractivity contribution >= 4 is 17.2 Å². The Kier molecular flexibility index (Phi) is 3.38. The summed E-state index contributed by atoms with van der Waals surface area (Å²) in [4.78, 5) is 3.14. The minimum atomic E-state index is 0.725. The monoisotopic (exact) mass is 225 g/mol. The molecule has 2 rings (SSSR count). The molecule has 0 bridgehead atoms. The van der Waals surface area contributed by atoms with Crippen LogP contribution in [0.4, 0.5) is 0 Å². The number of hydrogen-bond acceptors (Lipinski definition) is 3. The summed E-state index contributed by atoms with van der Waals surface area (Å²) in [7, 11) is 0. The van der Waals surface area contributed by atoms with E-state index in [1.54, 1.807) is 0 Å². The van der Waals surface area contributed by atoms with Crippen LogP contribution in [0.1, 0.15) is 11.5 Å². The predicted molar refractivity (Wildman–Crippen MR) is 62.1 cm³/mol. The summed E-state index contributed by atoms with van der Waals surface area (Å²) < 4.78 is 10.8. The maximum absolute atomic E-state index is 5.50. The molecule has 1 fully saturated rings. The molecule has 2 heterocycles. The quantitative estimate of drug-likeness (QED) is 0.717. The Morgan fingerprint density at radius 3 is 2.73 bits per heavy atom. The minimum Gasteiger partial charge on any atom is -0.466 e. The van der Waals surface area contributed by atoms with Crippen LogP contribution >= 0.6 is 12.2 Å². The molecule has 0 spiro atoms. The van der Waals surface area contributed by atoms with Gasteiger partial charge in [0.1, 0.15) is 11.5 Å². The molecule has 0 unspecified atom stereocenters. The predicted octanol–water partition coefficient (Wildman–Crippen LogP) is 1.79. The molecular weight excluding hydrogens is 210 g/mol. The van der Waals surface area contributed by atoms with Crippen molar-refractivity contribution < 1.29 is 9.15 Å². The molecule has 1 aliphatic rings. The summed E-state index contributed by atoms with van der Waals surface area (Å²) in [6.07, 6.45) is 0.725. The highest BCUT2D eigenvalue weighted by Gasteiger charge is 2.14. The molecular formula is C11H15NO2S. The number of ether oxygens (including phenoxy) is 1. The second-order valence-electron chi connectivity index (χ2n) is 3.68. The minimum absolute atomic E-state index is 0.725. The van der Waals surface area contributed by atoms with E-state index in [4.69, 9.17) is 21.4 Å². The van der Waals surface area contributed by atoms with Gasteiger partial charge in [0.15, 0.2) is 0 Å². The fourth-order valence-corrected chi connectivity index (χ4v) is 1.98. The highest BCUT2D eigenvalue weighted by Crippen LogP contribution is 2.10. The van der Waals surface area contributed by atoms with Crippen molar-refractivity contribution in [2.75, 3.05) is 26.3 Å². The topological polar surface area (TPSA) is 25.6 Å². The van der Waals surface area contributed by atoms with E-state index in [1.165, 1.54) is 0 Å². The Bertz CT molecular complexity index is 342. The highest BCUT2D eigenvalue weighted by atomic mass is 32.1. The van der Waals surface area contributed by atoms with E-state index in [9.17, 15) is 0 Å². The molecule has 82 valence electrons. The number of hydrogen-bond donors (Lipinski definition) is 0. The summed E-state index contributed by atoms with van der Waals surface area (Å²) in [6.45, 7) is 5.30. The Labute approximate surface area is 95.0 Å². The molecule has 0 N–H and O–H groups in total. The summed E-state index contributed by atoms with van der Waals surface area (Å²) in [6, 6.07) is 3.96. The molecule has 3 nitrogen and oxygen atoms in total. The van der Waals surface area contributed by atoms with Crippen LogP contribution in [0.2, 0.25) is 0 Å². The first-order valence-corrected chi connectivity index (χ1v) is 5.57. The van der Waals surface area contributed by atoms with Gasteiger partial charge in [0.2, 0.25) is 0 Å². The molecule has 1 aliphatic heterocycles. The number of aryl methyl sites for hydroxylation is 1. The number of rotatable bonds is 2. The van der Waals surface area contributed by atoms with E-state index in [0.717, 1.165) is 49.2 Å². The Morgan fingerprint density at radius 1 is 1.40 bits per heavy atom. The van der Waals surface area contributed by atoms with Crippen molar-refractivity contribution in [1.29, 1.82) is 0 Å². The van der Waals surface area contributed by atoms with Crippen molar-refractivity contribution in [2.45, 2.75) is 13.3 Å². The van der Waals surface area contributed by atoms with Crippen LogP contribution in [0.15, 0.2) is 16.5 Å². The van der Waals surface area contributed by atoms with Crippen LogP contribution in [0, 0.1) is 6.92 Å². The molecule has 4 heteroatoms. The zero-order chi connectivity index (χ0) is 10.7. The summed E-state index contributed by atoms with van der Waals surface area (Å²) >= 11 is 5.38. The standard InChI is InChI=1S/C11H15NO2S/c1-9-2-3-10(14-9)8-11(15)12-4-6-13-7-5-12/h2-3H,4-8H2,1H3. The molecule has 15 heavy (non-hydrogen) atoms. The average Bonchev–Trinajstić information content (AvgIpc) is 2.65. The maximum atomic E-state index is 5.50. The van der Waals surface area contributed by atoms with Crippen LogP contribution < -0.4 is 0 Å². The largest absolute Gasteiger partial charge is 0.466 e. The number of thiocarbonyl (C=S) groups is 1. The van der Waals surface area contributed by atoms with Gasteiger partial charge in [0.25, 0.3) is 0 Å².